The second kappa shape index (κ2) is 6.52. The van der Waals surface area contributed by atoms with Crippen molar-refractivity contribution in [3.05, 3.63) is 23.3 Å². The van der Waals surface area contributed by atoms with E-state index in [0.717, 1.165) is 12.8 Å². The molecule has 0 fully saturated rings. The van der Waals surface area contributed by atoms with E-state index in [1.165, 1.54) is 24.0 Å². The molecule has 0 radical (unpaired) electrons. The predicted molar refractivity (Wildman–Crippen MR) is 97.5 cm³/mol. The molecule has 0 aromatic heterocycles. The van der Waals surface area contributed by atoms with Crippen LogP contribution in [0.5, 0.6) is 0 Å². The molecule has 2 aliphatic carbocycles. The molecule has 22 heavy (non-hydrogen) atoms. The molecule has 0 saturated heterocycles. The van der Waals surface area contributed by atoms with E-state index < -0.39 is 0 Å². The van der Waals surface area contributed by atoms with Gasteiger partial charge in [-0.1, -0.05) is 51.0 Å². The quantitative estimate of drug-likeness (QED) is 0.348. The minimum absolute atomic E-state index is 0.312. The van der Waals surface area contributed by atoms with Gasteiger partial charge in [0, 0.05) is 12.4 Å². The van der Waals surface area contributed by atoms with Gasteiger partial charge in [-0.2, -0.15) is 10.2 Å². The van der Waals surface area contributed by atoms with E-state index in [1.54, 1.807) is 0 Å². The largest absolute Gasteiger partial charge is 0.164 e. The maximum Gasteiger partial charge on any atom is 0.0273 e. The summed E-state index contributed by atoms with van der Waals surface area (Å²) in [6.07, 6.45) is 13.1. The molecule has 2 atom stereocenters. The highest BCUT2D eigenvalue weighted by Gasteiger charge is 2.34. The Morgan fingerprint density at radius 1 is 0.864 bits per heavy atom. The number of hydrogen-bond donors (Lipinski definition) is 0. The van der Waals surface area contributed by atoms with Gasteiger partial charge >= 0.3 is 0 Å². The standard InChI is InChI=1S/C20H32N2/c1-15-7-9-17(19(15,3)4)11-13-21-22-14-12-18-10-8-16(2)20(18,5)6/h7-8,13-14,17-18H,9-12H2,1-6H3/b21-13+,22-14?. The summed E-state index contributed by atoms with van der Waals surface area (Å²) in [5.74, 6) is 1.35. The van der Waals surface area contributed by atoms with Crippen LogP contribution in [-0.2, 0) is 0 Å². The minimum Gasteiger partial charge on any atom is -0.164 e. The van der Waals surface area contributed by atoms with Gasteiger partial charge in [0.15, 0.2) is 0 Å². The SMILES string of the molecule is CC1=CCC(CC=N/N=C/CC2CC=C(C)C2(C)C)C1(C)C. The van der Waals surface area contributed by atoms with Gasteiger partial charge in [0.2, 0.25) is 0 Å². The van der Waals surface area contributed by atoms with Crippen molar-refractivity contribution in [3.63, 3.8) is 0 Å². The van der Waals surface area contributed by atoms with Crippen molar-refractivity contribution in [2.45, 2.75) is 67.2 Å². The maximum atomic E-state index is 4.26. The first-order valence-corrected chi connectivity index (χ1v) is 8.64. The molecule has 2 unspecified atom stereocenters. The lowest BCUT2D eigenvalue weighted by atomic mass is 9.76. The summed E-state index contributed by atoms with van der Waals surface area (Å²) < 4.78 is 0. The first-order valence-electron chi connectivity index (χ1n) is 8.64. The lowest BCUT2D eigenvalue weighted by molar-refractivity contribution is 0.302. The number of hydrogen-bond acceptors (Lipinski definition) is 2. The summed E-state index contributed by atoms with van der Waals surface area (Å²) in [4.78, 5) is 0. The Morgan fingerprint density at radius 2 is 1.23 bits per heavy atom. The van der Waals surface area contributed by atoms with E-state index in [0.29, 0.717) is 22.7 Å². The van der Waals surface area contributed by atoms with Crippen LogP contribution in [0.3, 0.4) is 0 Å². The van der Waals surface area contributed by atoms with Crippen molar-refractivity contribution in [1.29, 1.82) is 0 Å². The van der Waals surface area contributed by atoms with Crippen molar-refractivity contribution in [1.82, 2.24) is 0 Å². The lowest BCUT2D eigenvalue weighted by Crippen LogP contribution is -2.20. The Hall–Kier alpha value is -1.18. The molecule has 0 spiro atoms. The number of nitrogens with zero attached hydrogens (tertiary/aromatic N) is 2. The van der Waals surface area contributed by atoms with Crippen LogP contribution in [-0.4, -0.2) is 12.4 Å². The summed E-state index contributed by atoms with van der Waals surface area (Å²) in [7, 11) is 0. The highest BCUT2D eigenvalue weighted by atomic mass is 15.2. The summed E-state index contributed by atoms with van der Waals surface area (Å²) >= 11 is 0. The molecule has 0 aromatic rings. The van der Waals surface area contributed by atoms with E-state index in [9.17, 15) is 0 Å². The number of rotatable bonds is 5. The second-order valence-corrected chi connectivity index (χ2v) is 8.15. The zero-order valence-electron chi connectivity index (χ0n) is 15.2. The zero-order chi connectivity index (χ0) is 16.4. The van der Waals surface area contributed by atoms with Crippen molar-refractivity contribution in [3.8, 4) is 0 Å². The normalized spacial score (nSPS) is 30.3. The van der Waals surface area contributed by atoms with Crippen LogP contribution >= 0.6 is 0 Å². The second-order valence-electron chi connectivity index (χ2n) is 8.15. The Labute approximate surface area is 136 Å². The first-order chi connectivity index (χ1) is 10.3. The van der Waals surface area contributed by atoms with E-state index in [1.807, 2.05) is 12.4 Å². The van der Waals surface area contributed by atoms with Crippen molar-refractivity contribution >= 4 is 12.4 Å². The zero-order valence-corrected chi connectivity index (χ0v) is 15.2. The summed E-state index contributed by atoms with van der Waals surface area (Å²) in [6.45, 7) is 13.8. The molecule has 0 aromatic carbocycles. The van der Waals surface area contributed by atoms with Crippen LogP contribution < -0.4 is 0 Å². The molecular formula is C20H32N2. The van der Waals surface area contributed by atoms with Gasteiger partial charge in [-0.25, -0.2) is 0 Å². The average Bonchev–Trinajstić information content (AvgIpc) is 2.85. The van der Waals surface area contributed by atoms with Crippen LogP contribution in [0.2, 0.25) is 0 Å². The highest BCUT2D eigenvalue weighted by molar-refractivity contribution is 5.62. The molecule has 0 heterocycles. The summed E-state index contributed by atoms with van der Waals surface area (Å²) in [6, 6.07) is 0. The van der Waals surface area contributed by atoms with Crippen LogP contribution in [0.4, 0.5) is 0 Å². The smallest absolute Gasteiger partial charge is 0.0273 e. The Morgan fingerprint density at radius 3 is 1.50 bits per heavy atom. The predicted octanol–water partition coefficient (Wildman–Crippen LogP) is 5.81. The Balaban J connectivity index is 1.75. The molecule has 0 amide bonds. The van der Waals surface area contributed by atoms with Crippen molar-refractivity contribution in [2.24, 2.45) is 32.9 Å². The van der Waals surface area contributed by atoms with Gasteiger partial charge in [-0.15, -0.1) is 0 Å². The van der Waals surface area contributed by atoms with Gasteiger partial charge in [-0.05, 0) is 62.2 Å². The molecular weight excluding hydrogens is 268 g/mol. The Bertz CT molecular complexity index is 470. The monoisotopic (exact) mass is 300 g/mol. The van der Waals surface area contributed by atoms with Crippen LogP contribution in [0.15, 0.2) is 33.5 Å². The third-order valence-electron chi connectivity index (χ3n) is 6.50. The molecule has 2 nitrogen and oxygen atoms in total. The Kier molecular flexibility index (Phi) is 5.09. The summed E-state index contributed by atoms with van der Waals surface area (Å²) in [5.41, 5.74) is 3.65. The van der Waals surface area contributed by atoms with Crippen molar-refractivity contribution < 1.29 is 0 Å². The molecule has 2 rings (SSSR count). The molecule has 0 aliphatic heterocycles. The average molecular weight is 300 g/mol. The fourth-order valence-electron chi connectivity index (χ4n) is 3.62. The highest BCUT2D eigenvalue weighted by Crippen LogP contribution is 2.45. The van der Waals surface area contributed by atoms with Gasteiger partial charge in [0.1, 0.15) is 0 Å². The number of allylic oxidation sites excluding steroid dienone is 4. The van der Waals surface area contributed by atoms with Gasteiger partial charge in [-0.3, -0.25) is 0 Å². The summed E-state index contributed by atoms with van der Waals surface area (Å²) in [5, 5.41) is 8.51. The van der Waals surface area contributed by atoms with E-state index in [-0.39, 0.29) is 0 Å². The molecule has 2 heteroatoms. The molecule has 0 bridgehead atoms. The van der Waals surface area contributed by atoms with Crippen LogP contribution in [0, 0.1) is 22.7 Å². The molecule has 122 valence electrons. The van der Waals surface area contributed by atoms with Gasteiger partial charge in [0.25, 0.3) is 0 Å². The van der Waals surface area contributed by atoms with E-state index >= 15 is 0 Å². The minimum atomic E-state index is 0.312. The van der Waals surface area contributed by atoms with Crippen LogP contribution in [0.1, 0.15) is 67.2 Å². The molecule has 2 aliphatic rings. The third kappa shape index (κ3) is 3.42. The van der Waals surface area contributed by atoms with Crippen molar-refractivity contribution in [2.75, 3.05) is 0 Å². The topological polar surface area (TPSA) is 24.7 Å². The van der Waals surface area contributed by atoms with Gasteiger partial charge in [0.05, 0.1) is 0 Å². The fraction of sp³-hybridized carbons (Fsp3) is 0.700. The van der Waals surface area contributed by atoms with Crippen LogP contribution in [0.25, 0.3) is 0 Å². The van der Waals surface area contributed by atoms with E-state index in [2.05, 4.69) is 63.9 Å². The third-order valence-corrected chi connectivity index (χ3v) is 6.50. The molecule has 0 saturated carbocycles. The molecule has 0 N–H and O–H groups in total. The first kappa shape index (κ1) is 17.2. The maximum absolute atomic E-state index is 4.26. The van der Waals surface area contributed by atoms with E-state index in [4.69, 9.17) is 0 Å². The lowest BCUT2D eigenvalue weighted by Gasteiger charge is -2.28. The van der Waals surface area contributed by atoms with Gasteiger partial charge < -0.3 is 0 Å². The fourth-order valence-corrected chi connectivity index (χ4v) is 3.62.